The first kappa shape index (κ1) is 18.9. The molecule has 0 spiro atoms. The maximum absolute atomic E-state index is 8.41. The smallest absolute Gasteiger partial charge is 0.185 e. The van der Waals surface area contributed by atoms with Crippen LogP contribution in [0.3, 0.4) is 0 Å². The number of pyridine rings is 1. The lowest BCUT2D eigenvalue weighted by Gasteiger charge is -2.11. The van der Waals surface area contributed by atoms with E-state index in [0.717, 1.165) is 11.3 Å². The van der Waals surface area contributed by atoms with Gasteiger partial charge in [-0.3, -0.25) is 10.4 Å². The molecule has 0 aliphatic heterocycles. The molecule has 0 atom stereocenters. The zero-order valence-corrected chi connectivity index (χ0v) is 15.7. The summed E-state index contributed by atoms with van der Waals surface area (Å²) < 4.78 is 15.8. The minimum atomic E-state index is 0.0802. The number of nitrogen functional groups attached to an aromatic ring is 1. The van der Waals surface area contributed by atoms with Gasteiger partial charge in [0.2, 0.25) is 0 Å². The Morgan fingerprint density at radius 1 is 1.26 bits per heavy atom. The SMILES string of the molecule is COCCOc1cc(N)c(C(=N)c2cc(-c3ccc(C)nc3)no2)cc1Cl. The van der Waals surface area contributed by atoms with Crippen LogP contribution in [-0.4, -0.2) is 36.2 Å². The van der Waals surface area contributed by atoms with Gasteiger partial charge in [0.05, 0.1) is 11.6 Å². The third kappa shape index (κ3) is 4.27. The van der Waals surface area contributed by atoms with Gasteiger partial charge in [-0.2, -0.15) is 0 Å². The third-order valence-corrected chi connectivity index (χ3v) is 4.18. The highest BCUT2D eigenvalue weighted by Gasteiger charge is 2.17. The number of ether oxygens (including phenoxy) is 2. The molecule has 0 bridgehead atoms. The molecule has 0 amide bonds. The highest BCUT2D eigenvalue weighted by atomic mass is 35.5. The summed E-state index contributed by atoms with van der Waals surface area (Å²) in [6.07, 6.45) is 1.71. The third-order valence-electron chi connectivity index (χ3n) is 3.88. The number of benzene rings is 1. The Morgan fingerprint density at radius 2 is 2.07 bits per heavy atom. The van der Waals surface area contributed by atoms with E-state index in [0.29, 0.717) is 40.9 Å². The second kappa shape index (κ2) is 8.20. The summed E-state index contributed by atoms with van der Waals surface area (Å²) in [5.41, 5.74) is 9.25. The monoisotopic (exact) mass is 386 g/mol. The molecule has 27 heavy (non-hydrogen) atoms. The van der Waals surface area contributed by atoms with Crippen molar-refractivity contribution in [3.63, 3.8) is 0 Å². The van der Waals surface area contributed by atoms with E-state index < -0.39 is 0 Å². The summed E-state index contributed by atoms with van der Waals surface area (Å²) in [5.74, 6) is 0.716. The van der Waals surface area contributed by atoms with Crippen molar-refractivity contribution in [2.75, 3.05) is 26.1 Å². The number of anilines is 1. The lowest BCUT2D eigenvalue weighted by molar-refractivity contribution is 0.146. The Bertz CT molecular complexity index is 954. The number of methoxy groups -OCH3 is 1. The van der Waals surface area contributed by atoms with Crippen molar-refractivity contribution in [1.29, 1.82) is 5.41 Å². The molecule has 8 heteroatoms. The van der Waals surface area contributed by atoms with Crippen molar-refractivity contribution in [1.82, 2.24) is 10.1 Å². The molecule has 3 N–H and O–H groups in total. The van der Waals surface area contributed by atoms with Gasteiger partial charge in [-0.05, 0) is 25.1 Å². The van der Waals surface area contributed by atoms with Crippen LogP contribution in [0.1, 0.15) is 17.0 Å². The molecule has 1 aromatic carbocycles. The number of nitrogens with one attached hydrogen (secondary N) is 1. The minimum absolute atomic E-state index is 0.0802. The van der Waals surface area contributed by atoms with E-state index in [1.54, 1.807) is 31.5 Å². The molecule has 0 fully saturated rings. The maximum atomic E-state index is 8.41. The fraction of sp³-hybridized carbons (Fsp3) is 0.211. The maximum Gasteiger partial charge on any atom is 0.185 e. The summed E-state index contributed by atoms with van der Waals surface area (Å²) in [6.45, 7) is 2.69. The van der Waals surface area contributed by atoms with Crippen LogP contribution in [0.2, 0.25) is 5.02 Å². The zero-order chi connectivity index (χ0) is 19.4. The van der Waals surface area contributed by atoms with Crippen LogP contribution in [0.25, 0.3) is 11.3 Å². The van der Waals surface area contributed by atoms with E-state index in [9.17, 15) is 0 Å². The number of hydrogen-bond acceptors (Lipinski definition) is 7. The molecule has 0 aliphatic carbocycles. The number of aromatic nitrogens is 2. The lowest BCUT2D eigenvalue weighted by Crippen LogP contribution is -2.08. The highest BCUT2D eigenvalue weighted by molar-refractivity contribution is 6.33. The van der Waals surface area contributed by atoms with E-state index in [-0.39, 0.29) is 11.5 Å². The van der Waals surface area contributed by atoms with E-state index in [2.05, 4.69) is 10.1 Å². The highest BCUT2D eigenvalue weighted by Crippen LogP contribution is 2.31. The van der Waals surface area contributed by atoms with Crippen LogP contribution in [0.15, 0.2) is 41.1 Å². The molecular weight excluding hydrogens is 368 g/mol. The summed E-state index contributed by atoms with van der Waals surface area (Å²) in [6, 6.07) is 8.62. The number of nitrogens with two attached hydrogens (primary N) is 1. The van der Waals surface area contributed by atoms with Crippen molar-refractivity contribution >= 4 is 23.0 Å². The quantitative estimate of drug-likeness (QED) is 0.364. The molecule has 2 aromatic heterocycles. The Labute approximate surface area is 161 Å². The Kier molecular flexibility index (Phi) is 5.73. The number of aryl methyl sites for hydroxylation is 1. The molecule has 0 radical (unpaired) electrons. The topological polar surface area (TPSA) is 107 Å². The fourth-order valence-corrected chi connectivity index (χ4v) is 2.63. The molecule has 0 saturated heterocycles. The molecule has 140 valence electrons. The van der Waals surface area contributed by atoms with Gasteiger partial charge in [0, 0.05) is 47.9 Å². The largest absolute Gasteiger partial charge is 0.490 e. The molecule has 7 nitrogen and oxygen atoms in total. The van der Waals surface area contributed by atoms with E-state index in [1.807, 2.05) is 19.1 Å². The van der Waals surface area contributed by atoms with Gasteiger partial charge in [0.1, 0.15) is 23.8 Å². The summed E-state index contributed by atoms with van der Waals surface area (Å²) in [4.78, 5) is 4.24. The van der Waals surface area contributed by atoms with Crippen molar-refractivity contribution in [2.45, 2.75) is 6.92 Å². The minimum Gasteiger partial charge on any atom is -0.490 e. The van der Waals surface area contributed by atoms with Gasteiger partial charge >= 0.3 is 0 Å². The van der Waals surface area contributed by atoms with Gasteiger partial charge in [-0.1, -0.05) is 16.8 Å². The average Bonchev–Trinajstić information content (AvgIpc) is 3.14. The number of hydrogen-bond donors (Lipinski definition) is 2. The van der Waals surface area contributed by atoms with E-state index in [1.165, 1.54) is 0 Å². The predicted molar refractivity (Wildman–Crippen MR) is 104 cm³/mol. The van der Waals surface area contributed by atoms with E-state index >= 15 is 0 Å². The fourth-order valence-electron chi connectivity index (χ4n) is 2.41. The Balaban J connectivity index is 1.83. The van der Waals surface area contributed by atoms with Crippen LogP contribution >= 0.6 is 11.6 Å². The lowest BCUT2D eigenvalue weighted by atomic mass is 10.0. The molecule has 2 heterocycles. The van der Waals surface area contributed by atoms with Crippen LogP contribution in [0, 0.1) is 12.3 Å². The first-order valence-electron chi connectivity index (χ1n) is 8.19. The average molecular weight is 387 g/mol. The number of halogens is 1. The van der Waals surface area contributed by atoms with Crippen LogP contribution in [0.4, 0.5) is 5.69 Å². The standard InChI is InChI=1S/C19H19ClN4O3/c1-11-3-4-12(10-23-11)16-9-18(27-24-16)19(22)13-7-14(20)17(8-15(13)21)26-6-5-25-2/h3-4,7-10,22H,5-6,21H2,1-2H3. The summed E-state index contributed by atoms with van der Waals surface area (Å²) >= 11 is 6.26. The Hall–Kier alpha value is -2.90. The first-order valence-corrected chi connectivity index (χ1v) is 8.57. The van der Waals surface area contributed by atoms with Crippen LogP contribution in [-0.2, 0) is 4.74 Å². The van der Waals surface area contributed by atoms with Crippen molar-refractivity contribution < 1.29 is 14.0 Å². The Morgan fingerprint density at radius 3 is 2.78 bits per heavy atom. The summed E-state index contributed by atoms with van der Waals surface area (Å²) in [7, 11) is 1.59. The summed E-state index contributed by atoms with van der Waals surface area (Å²) in [5, 5.41) is 12.8. The number of rotatable bonds is 7. The predicted octanol–water partition coefficient (Wildman–Crippen LogP) is 3.72. The van der Waals surface area contributed by atoms with Crippen molar-refractivity contribution in [3.8, 4) is 17.0 Å². The van der Waals surface area contributed by atoms with Crippen LogP contribution < -0.4 is 10.5 Å². The van der Waals surface area contributed by atoms with E-state index in [4.69, 9.17) is 36.7 Å². The van der Waals surface area contributed by atoms with Gasteiger partial charge in [-0.15, -0.1) is 0 Å². The molecular formula is C19H19ClN4O3. The molecule has 0 aliphatic rings. The number of nitrogens with zero attached hydrogens (tertiary/aromatic N) is 2. The second-order valence-electron chi connectivity index (χ2n) is 5.85. The van der Waals surface area contributed by atoms with Crippen molar-refractivity contribution in [2.24, 2.45) is 0 Å². The second-order valence-corrected chi connectivity index (χ2v) is 6.26. The van der Waals surface area contributed by atoms with Gasteiger partial charge < -0.3 is 19.7 Å². The van der Waals surface area contributed by atoms with Gasteiger partial charge in [-0.25, -0.2) is 0 Å². The zero-order valence-electron chi connectivity index (χ0n) is 15.0. The first-order chi connectivity index (χ1) is 13.0. The van der Waals surface area contributed by atoms with Gasteiger partial charge in [0.25, 0.3) is 0 Å². The molecule has 3 aromatic rings. The van der Waals surface area contributed by atoms with Crippen LogP contribution in [0.5, 0.6) is 5.75 Å². The molecule has 3 rings (SSSR count). The molecule has 0 saturated carbocycles. The molecule has 0 unspecified atom stereocenters. The normalized spacial score (nSPS) is 10.8. The van der Waals surface area contributed by atoms with Crippen molar-refractivity contribution in [3.05, 3.63) is 58.6 Å². The van der Waals surface area contributed by atoms with Gasteiger partial charge in [0.15, 0.2) is 5.76 Å².